The lowest BCUT2D eigenvalue weighted by Crippen LogP contribution is -2.12. The minimum Gasteiger partial charge on any atom is -0.462 e. The number of nitrogens with one attached hydrogen (secondary N) is 1. The average Bonchev–Trinajstić information content (AvgIpc) is 3.35. The Hall–Kier alpha value is -3.93. The van der Waals surface area contributed by atoms with E-state index < -0.39 is 0 Å². The van der Waals surface area contributed by atoms with Gasteiger partial charge in [-0.15, -0.1) is 0 Å². The molecule has 1 unspecified atom stereocenters. The molecule has 4 rings (SSSR count). The predicted molar refractivity (Wildman–Crippen MR) is 130 cm³/mol. The lowest BCUT2D eigenvalue weighted by molar-refractivity contribution is 0.0526. The summed E-state index contributed by atoms with van der Waals surface area (Å²) in [5, 5.41) is 8.03. The van der Waals surface area contributed by atoms with E-state index in [9.17, 15) is 4.79 Å². The van der Waals surface area contributed by atoms with Crippen LogP contribution in [0.15, 0.2) is 85.3 Å². The molecule has 0 aliphatic rings. The maximum atomic E-state index is 11.9. The lowest BCUT2D eigenvalue weighted by Gasteiger charge is -2.20. The Morgan fingerprint density at radius 1 is 0.970 bits per heavy atom. The van der Waals surface area contributed by atoms with Gasteiger partial charge in [-0.25, -0.2) is 14.5 Å². The second-order valence-corrected chi connectivity index (χ2v) is 7.77. The molecule has 0 saturated carbocycles. The van der Waals surface area contributed by atoms with Crippen molar-refractivity contribution >= 4 is 11.7 Å². The molecular weight excluding hydrogens is 412 g/mol. The summed E-state index contributed by atoms with van der Waals surface area (Å²) in [5.74, 6) is 0.464. The lowest BCUT2D eigenvalue weighted by atomic mass is 10.0. The third kappa shape index (κ3) is 5.47. The molecule has 6 nitrogen and oxygen atoms in total. The number of esters is 1. The zero-order valence-corrected chi connectivity index (χ0v) is 18.9. The molecule has 0 amide bonds. The fraction of sp³-hybridized carbons (Fsp3) is 0.222. The highest BCUT2D eigenvalue weighted by Gasteiger charge is 2.13. The zero-order chi connectivity index (χ0) is 23.0. The Kier molecular flexibility index (Phi) is 7.15. The zero-order valence-electron chi connectivity index (χ0n) is 18.9. The van der Waals surface area contributed by atoms with Gasteiger partial charge in [0.2, 0.25) is 0 Å². The molecule has 0 radical (unpaired) electrons. The number of carbonyl (C=O) groups is 1. The van der Waals surface area contributed by atoms with Gasteiger partial charge in [0.05, 0.1) is 36.3 Å². The van der Waals surface area contributed by atoms with E-state index in [1.807, 2.05) is 73.2 Å². The third-order valence-corrected chi connectivity index (χ3v) is 5.41. The highest BCUT2D eigenvalue weighted by atomic mass is 16.5. The van der Waals surface area contributed by atoms with Gasteiger partial charge >= 0.3 is 5.97 Å². The monoisotopic (exact) mass is 440 g/mol. The van der Waals surface area contributed by atoms with Crippen molar-refractivity contribution in [2.45, 2.75) is 32.7 Å². The molecule has 4 aromatic rings. The van der Waals surface area contributed by atoms with Gasteiger partial charge < -0.3 is 10.1 Å². The number of hydrogen-bond donors (Lipinski definition) is 1. The van der Waals surface area contributed by atoms with Crippen LogP contribution in [0.3, 0.4) is 0 Å². The molecule has 1 atom stereocenters. The van der Waals surface area contributed by atoms with Gasteiger partial charge in [0.25, 0.3) is 0 Å². The number of anilines is 1. The summed E-state index contributed by atoms with van der Waals surface area (Å²) in [6, 6.07) is 21.9. The Bertz CT molecular complexity index is 1170. The molecule has 2 heterocycles. The number of carbonyl (C=O) groups excluding carboxylic acids is 1. The number of benzene rings is 2. The van der Waals surface area contributed by atoms with Crippen LogP contribution in [-0.2, 0) is 4.74 Å². The van der Waals surface area contributed by atoms with E-state index in [2.05, 4.69) is 34.5 Å². The third-order valence-electron chi connectivity index (χ3n) is 5.41. The number of hydrogen-bond acceptors (Lipinski definition) is 5. The van der Waals surface area contributed by atoms with Gasteiger partial charge in [-0.3, -0.25) is 0 Å². The van der Waals surface area contributed by atoms with Crippen LogP contribution >= 0.6 is 0 Å². The van der Waals surface area contributed by atoms with Gasteiger partial charge in [-0.1, -0.05) is 55.8 Å². The maximum absolute atomic E-state index is 11.9. The molecule has 2 aromatic carbocycles. The fourth-order valence-corrected chi connectivity index (χ4v) is 3.71. The molecule has 0 aliphatic heterocycles. The SMILES string of the molecule is CCCC(Nc1ccc(-n2cc(-c3ccccc3)cn2)nc1)c1ccc(C(=O)OCC)cc1. The standard InChI is InChI=1S/C27H28N4O2/c1-3-8-25(21-11-13-22(14-12-21)27(32)33-4-2)30-24-15-16-26(28-18-24)31-19-23(17-29-31)20-9-6-5-7-10-20/h5-7,9-19,25,30H,3-4,8H2,1-2H3. The highest BCUT2D eigenvalue weighted by molar-refractivity contribution is 5.89. The number of rotatable bonds is 9. The molecule has 168 valence electrons. The van der Waals surface area contributed by atoms with E-state index in [1.54, 1.807) is 11.6 Å². The van der Waals surface area contributed by atoms with Crippen LogP contribution in [0.4, 0.5) is 5.69 Å². The molecule has 0 bridgehead atoms. The average molecular weight is 441 g/mol. The van der Waals surface area contributed by atoms with Crippen LogP contribution < -0.4 is 5.32 Å². The van der Waals surface area contributed by atoms with Crippen molar-refractivity contribution in [3.63, 3.8) is 0 Å². The van der Waals surface area contributed by atoms with Crippen LogP contribution in [-0.4, -0.2) is 27.3 Å². The quantitative estimate of drug-likeness (QED) is 0.320. The van der Waals surface area contributed by atoms with Gasteiger partial charge in [0.15, 0.2) is 5.82 Å². The second kappa shape index (κ2) is 10.6. The van der Waals surface area contributed by atoms with Crippen molar-refractivity contribution in [1.82, 2.24) is 14.8 Å². The summed E-state index contributed by atoms with van der Waals surface area (Å²) in [6.07, 6.45) is 7.64. The Balaban J connectivity index is 1.46. The van der Waals surface area contributed by atoms with Crippen molar-refractivity contribution in [3.8, 4) is 16.9 Å². The molecule has 0 aliphatic carbocycles. The van der Waals surface area contributed by atoms with Gasteiger partial charge in [-0.2, -0.15) is 5.10 Å². The summed E-state index contributed by atoms with van der Waals surface area (Å²) in [4.78, 5) is 16.5. The smallest absolute Gasteiger partial charge is 0.338 e. The summed E-state index contributed by atoms with van der Waals surface area (Å²) >= 11 is 0. The maximum Gasteiger partial charge on any atom is 0.338 e. The van der Waals surface area contributed by atoms with Crippen LogP contribution in [0.25, 0.3) is 16.9 Å². The Morgan fingerprint density at radius 3 is 2.42 bits per heavy atom. The first-order valence-corrected chi connectivity index (χ1v) is 11.3. The van der Waals surface area contributed by atoms with Crippen LogP contribution in [0.2, 0.25) is 0 Å². The molecule has 33 heavy (non-hydrogen) atoms. The van der Waals surface area contributed by atoms with E-state index in [1.165, 1.54) is 0 Å². The minimum absolute atomic E-state index is 0.119. The molecule has 6 heteroatoms. The summed E-state index contributed by atoms with van der Waals surface area (Å²) in [6.45, 7) is 4.34. The first-order chi connectivity index (χ1) is 16.2. The van der Waals surface area contributed by atoms with Crippen molar-refractivity contribution < 1.29 is 9.53 Å². The first-order valence-electron chi connectivity index (χ1n) is 11.3. The van der Waals surface area contributed by atoms with E-state index in [-0.39, 0.29) is 12.0 Å². The first kappa shape index (κ1) is 22.3. The van der Waals surface area contributed by atoms with Crippen molar-refractivity contribution in [1.29, 1.82) is 0 Å². The molecular formula is C27H28N4O2. The number of aromatic nitrogens is 3. The van der Waals surface area contributed by atoms with E-state index in [0.29, 0.717) is 12.2 Å². The van der Waals surface area contributed by atoms with Crippen molar-refractivity contribution in [3.05, 3.63) is 96.4 Å². The highest BCUT2D eigenvalue weighted by Crippen LogP contribution is 2.25. The number of pyridine rings is 1. The summed E-state index contributed by atoms with van der Waals surface area (Å²) < 4.78 is 6.86. The Labute approximate surface area is 194 Å². The number of ether oxygens (including phenoxy) is 1. The van der Waals surface area contributed by atoms with E-state index in [0.717, 1.165) is 41.0 Å². The fourth-order valence-electron chi connectivity index (χ4n) is 3.71. The van der Waals surface area contributed by atoms with Gasteiger partial charge in [0.1, 0.15) is 0 Å². The van der Waals surface area contributed by atoms with E-state index in [4.69, 9.17) is 4.74 Å². The molecule has 0 fully saturated rings. The topological polar surface area (TPSA) is 69.0 Å². The van der Waals surface area contributed by atoms with Gasteiger partial charge in [0, 0.05) is 11.8 Å². The summed E-state index contributed by atoms with van der Waals surface area (Å²) in [7, 11) is 0. The van der Waals surface area contributed by atoms with Crippen molar-refractivity contribution in [2.24, 2.45) is 0 Å². The molecule has 2 aromatic heterocycles. The predicted octanol–water partition coefficient (Wildman–Crippen LogP) is 6.06. The largest absolute Gasteiger partial charge is 0.462 e. The normalized spacial score (nSPS) is 11.7. The minimum atomic E-state index is -0.294. The molecule has 1 N–H and O–H groups in total. The van der Waals surface area contributed by atoms with Crippen LogP contribution in [0, 0.1) is 0 Å². The number of nitrogens with zero attached hydrogens (tertiary/aromatic N) is 3. The molecule has 0 saturated heterocycles. The second-order valence-electron chi connectivity index (χ2n) is 7.77. The van der Waals surface area contributed by atoms with E-state index >= 15 is 0 Å². The van der Waals surface area contributed by atoms with Crippen LogP contribution in [0.5, 0.6) is 0 Å². The van der Waals surface area contributed by atoms with Crippen molar-refractivity contribution in [2.75, 3.05) is 11.9 Å². The van der Waals surface area contributed by atoms with Crippen LogP contribution in [0.1, 0.15) is 48.7 Å². The van der Waals surface area contributed by atoms with Gasteiger partial charge in [-0.05, 0) is 48.7 Å². The molecule has 0 spiro atoms. The summed E-state index contributed by atoms with van der Waals surface area (Å²) in [5.41, 5.74) is 4.79. The Morgan fingerprint density at radius 2 is 1.76 bits per heavy atom.